The number of hydrogen-bond acceptors (Lipinski definition) is 3. The van der Waals surface area contributed by atoms with Gasteiger partial charge in [-0.2, -0.15) is 0 Å². The normalized spacial score (nSPS) is 19.3. The highest BCUT2D eigenvalue weighted by Crippen LogP contribution is 2.33. The third kappa shape index (κ3) is 3.35. The monoisotopic (exact) mass is 293 g/mol. The molecule has 0 radical (unpaired) electrons. The number of nitrogens with two attached hydrogens (primary N) is 1. The molecule has 0 aromatic heterocycles. The first-order valence-electron chi connectivity index (χ1n) is 7.50. The van der Waals surface area contributed by atoms with Crippen molar-refractivity contribution in [3.05, 3.63) is 29.8 Å². The van der Waals surface area contributed by atoms with Crippen molar-refractivity contribution in [2.45, 2.75) is 25.4 Å². The van der Waals surface area contributed by atoms with Gasteiger partial charge >= 0.3 is 0 Å². The summed E-state index contributed by atoms with van der Waals surface area (Å²) in [4.78, 5) is 16.1. The van der Waals surface area contributed by atoms with Crippen LogP contribution in [0.5, 0.6) is 0 Å². The maximum atomic E-state index is 15.0. The summed E-state index contributed by atoms with van der Waals surface area (Å²) in [5, 5.41) is 0. The van der Waals surface area contributed by atoms with Crippen molar-refractivity contribution in [1.29, 1.82) is 0 Å². The van der Waals surface area contributed by atoms with Crippen molar-refractivity contribution in [1.82, 2.24) is 4.90 Å². The minimum Gasteiger partial charge on any atom is -0.369 e. The Balaban J connectivity index is 2.26. The number of benzene rings is 1. The number of halogens is 1. The SMILES string of the molecule is CCCC(F)(C(N)=O)c1cccc(N2CCN(C)CC2)c1. The van der Waals surface area contributed by atoms with Gasteiger partial charge in [-0.05, 0) is 25.6 Å². The zero-order valence-corrected chi connectivity index (χ0v) is 12.8. The number of carbonyl (C=O) groups excluding carboxylic acids is 1. The summed E-state index contributed by atoms with van der Waals surface area (Å²) in [6.45, 7) is 5.63. The van der Waals surface area contributed by atoms with Crippen LogP contribution in [0.25, 0.3) is 0 Å². The number of anilines is 1. The van der Waals surface area contributed by atoms with Crippen LogP contribution < -0.4 is 10.6 Å². The van der Waals surface area contributed by atoms with Crippen molar-refractivity contribution in [3.63, 3.8) is 0 Å². The van der Waals surface area contributed by atoms with Gasteiger partial charge in [0.1, 0.15) is 0 Å². The van der Waals surface area contributed by atoms with Crippen LogP contribution in [0, 0.1) is 0 Å². The minimum atomic E-state index is -2.07. The van der Waals surface area contributed by atoms with Gasteiger partial charge in [0.25, 0.3) is 5.91 Å². The van der Waals surface area contributed by atoms with Gasteiger partial charge in [0.2, 0.25) is 5.67 Å². The predicted molar refractivity (Wildman–Crippen MR) is 83.0 cm³/mol. The zero-order chi connectivity index (χ0) is 15.5. The van der Waals surface area contributed by atoms with Gasteiger partial charge in [0.05, 0.1) is 0 Å². The number of amides is 1. The molecule has 2 rings (SSSR count). The number of rotatable bonds is 5. The average molecular weight is 293 g/mol. The van der Waals surface area contributed by atoms with E-state index in [1.54, 1.807) is 18.2 Å². The quantitative estimate of drug-likeness (QED) is 0.902. The van der Waals surface area contributed by atoms with Crippen LogP contribution in [0.2, 0.25) is 0 Å². The van der Waals surface area contributed by atoms with Crippen molar-refractivity contribution in [3.8, 4) is 0 Å². The van der Waals surface area contributed by atoms with Crippen molar-refractivity contribution < 1.29 is 9.18 Å². The standard InChI is InChI=1S/C16H24FN3O/c1-3-7-16(17,15(18)21)13-5-4-6-14(12-13)20-10-8-19(2)9-11-20/h4-6,12H,3,7-11H2,1-2H3,(H2,18,21). The smallest absolute Gasteiger partial charge is 0.259 e. The van der Waals surface area contributed by atoms with E-state index in [1.165, 1.54) is 0 Å². The maximum Gasteiger partial charge on any atom is 0.259 e. The van der Waals surface area contributed by atoms with Crippen LogP contribution in [0.3, 0.4) is 0 Å². The largest absolute Gasteiger partial charge is 0.369 e. The molecule has 1 unspecified atom stereocenters. The summed E-state index contributed by atoms with van der Waals surface area (Å²) in [6.07, 6.45) is 0.687. The topological polar surface area (TPSA) is 49.6 Å². The first-order valence-corrected chi connectivity index (χ1v) is 7.50. The second kappa shape index (κ2) is 6.43. The van der Waals surface area contributed by atoms with E-state index in [9.17, 15) is 9.18 Å². The van der Waals surface area contributed by atoms with Gasteiger partial charge in [0.15, 0.2) is 0 Å². The fourth-order valence-corrected chi connectivity index (χ4v) is 2.77. The molecule has 1 aliphatic rings. The highest BCUT2D eigenvalue weighted by Gasteiger charge is 2.38. The second-order valence-electron chi connectivity index (χ2n) is 5.76. The minimum absolute atomic E-state index is 0.120. The molecule has 2 N–H and O–H groups in total. The first-order chi connectivity index (χ1) is 9.97. The fourth-order valence-electron chi connectivity index (χ4n) is 2.77. The number of primary amides is 1. The van der Waals surface area contributed by atoms with Gasteiger partial charge in [0, 0.05) is 37.4 Å². The number of nitrogens with zero attached hydrogens (tertiary/aromatic N) is 2. The molecule has 0 saturated carbocycles. The molecule has 5 heteroatoms. The van der Waals surface area contributed by atoms with E-state index >= 15 is 0 Å². The molecule has 1 heterocycles. The molecule has 0 spiro atoms. The van der Waals surface area contributed by atoms with Crippen molar-refractivity contribution in [2.75, 3.05) is 38.1 Å². The molecule has 4 nitrogen and oxygen atoms in total. The lowest BCUT2D eigenvalue weighted by atomic mass is 9.90. The number of hydrogen-bond donors (Lipinski definition) is 1. The Kier molecular flexibility index (Phi) is 4.83. The lowest BCUT2D eigenvalue weighted by molar-refractivity contribution is -0.130. The Bertz CT molecular complexity index is 500. The van der Waals surface area contributed by atoms with Crippen molar-refractivity contribution >= 4 is 11.6 Å². The summed E-state index contributed by atoms with van der Waals surface area (Å²) in [7, 11) is 2.09. The molecular formula is C16H24FN3O. The summed E-state index contributed by atoms with van der Waals surface area (Å²) in [6, 6.07) is 7.18. The van der Waals surface area contributed by atoms with Crippen LogP contribution >= 0.6 is 0 Å². The van der Waals surface area contributed by atoms with E-state index in [-0.39, 0.29) is 6.42 Å². The highest BCUT2D eigenvalue weighted by atomic mass is 19.1. The van der Waals surface area contributed by atoms with Gasteiger partial charge in [-0.3, -0.25) is 4.79 Å². The van der Waals surface area contributed by atoms with Gasteiger partial charge in [-0.25, -0.2) is 4.39 Å². The molecule has 1 aliphatic heterocycles. The van der Waals surface area contributed by atoms with Crippen LogP contribution in [0.15, 0.2) is 24.3 Å². The van der Waals surface area contributed by atoms with E-state index in [4.69, 9.17) is 5.73 Å². The number of piperazine rings is 1. The number of carbonyl (C=O) groups is 1. The lowest BCUT2D eigenvalue weighted by Crippen LogP contribution is -2.44. The van der Waals surface area contributed by atoms with E-state index in [1.807, 2.05) is 13.0 Å². The molecule has 0 bridgehead atoms. The maximum absolute atomic E-state index is 15.0. The van der Waals surface area contributed by atoms with Crippen LogP contribution in [0.4, 0.5) is 10.1 Å². The van der Waals surface area contributed by atoms with Gasteiger partial charge in [-0.1, -0.05) is 25.5 Å². The Morgan fingerprint density at radius 1 is 1.33 bits per heavy atom. The molecule has 1 aromatic rings. The highest BCUT2D eigenvalue weighted by molar-refractivity contribution is 5.85. The zero-order valence-electron chi connectivity index (χ0n) is 12.8. The molecule has 1 saturated heterocycles. The lowest BCUT2D eigenvalue weighted by Gasteiger charge is -2.34. The molecule has 116 valence electrons. The molecule has 0 aliphatic carbocycles. The average Bonchev–Trinajstić information content (AvgIpc) is 2.48. The van der Waals surface area contributed by atoms with Crippen LogP contribution in [0.1, 0.15) is 25.3 Å². The Labute approximate surface area is 125 Å². The van der Waals surface area contributed by atoms with Crippen LogP contribution in [-0.2, 0) is 10.5 Å². The Morgan fingerprint density at radius 2 is 2.00 bits per heavy atom. The Hall–Kier alpha value is -1.62. The van der Waals surface area contributed by atoms with Crippen molar-refractivity contribution in [2.24, 2.45) is 5.73 Å². The summed E-state index contributed by atoms with van der Waals surface area (Å²) < 4.78 is 15.0. The predicted octanol–water partition coefficient (Wildman–Crippen LogP) is 1.89. The van der Waals surface area contributed by atoms with E-state index in [0.29, 0.717) is 12.0 Å². The third-order valence-corrected chi connectivity index (χ3v) is 4.16. The van der Waals surface area contributed by atoms with Gasteiger partial charge in [-0.15, -0.1) is 0 Å². The summed E-state index contributed by atoms with van der Waals surface area (Å²) in [5.74, 6) is -0.903. The summed E-state index contributed by atoms with van der Waals surface area (Å²) in [5.41, 5.74) is 4.56. The number of alkyl halides is 1. The van der Waals surface area contributed by atoms with E-state index in [0.717, 1.165) is 31.9 Å². The third-order valence-electron chi connectivity index (χ3n) is 4.16. The fraction of sp³-hybridized carbons (Fsp3) is 0.562. The first kappa shape index (κ1) is 15.8. The molecule has 1 fully saturated rings. The van der Waals surface area contributed by atoms with Gasteiger partial charge < -0.3 is 15.5 Å². The molecule has 1 aromatic carbocycles. The Morgan fingerprint density at radius 3 is 2.57 bits per heavy atom. The summed E-state index contributed by atoms with van der Waals surface area (Å²) >= 11 is 0. The van der Waals surface area contributed by atoms with E-state index < -0.39 is 11.6 Å². The molecular weight excluding hydrogens is 269 g/mol. The molecule has 1 atom stereocenters. The molecule has 21 heavy (non-hydrogen) atoms. The molecule has 1 amide bonds. The van der Waals surface area contributed by atoms with E-state index in [2.05, 4.69) is 16.8 Å². The second-order valence-corrected chi connectivity index (χ2v) is 5.76. The number of likely N-dealkylation sites (N-methyl/N-ethyl adjacent to an activating group) is 1. The van der Waals surface area contributed by atoms with Crippen LogP contribution in [-0.4, -0.2) is 44.0 Å².